The van der Waals surface area contributed by atoms with Crippen LogP contribution in [-0.2, 0) is 0 Å². The summed E-state index contributed by atoms with van der Waals surface area (Å²) >= 11 is 0. The van der Waals surface area contributed by atoms with Crippen molar-refractivity contribution in [3.63, 3.8) is 0 Å². The van der Waals surface area contributed by atoms with Crippen molar-refractivity contribution in [2.75, 3.05) is 0 Å². The van der Waals surface area contributed by atoms with E-state index in [2.05, 4.69) is 23.3 Å². The minimum Gasteiger partial charge on any atom is -0.403 e. The highest BCUT2D eigenvalue weighted by atomic mass is 19.4. The molecule has 0 amide bonds. The minimum absolute atomic E-state index is 0. The molecule has 0 saturated heterocycles. The van der Waals surface area contributed by atoms with Crippen molar-refractivity contribution in [3.8, 4) is 11.5 Å². The van der Waals surface area contributed by atoms with E-state index in [1.54, 1.807) is 6.07 Å². The molecule has 318 valence electrons. The number of hydrogen-bond acceptors (Lipinski definition) is 2. The van der Waals surface area contributed by atoms with Crippen LogP contribution in [0.5, 0.6) is 11.5 Å². The molecule has 0 bridgehead atoms. The zero-order valence-corrected chi connectivity index (χ0v) is 32.4. The minimum atomic E-state index is -5.11. The van der Waals surface area contributed by atoms with Crippen LogP contribution in [0.4, 0.5) is 39.5 Å². The van der Waals surface area contributed by atoms with E-state index in [0.717, 1.165) is 105 Å². The first-order valence-electron chi connectivity index (χ1n) is 20.8. The van der Waals surface area contributed by atoms with Crippen molar-refractivity contribution >= 4 is 0 Å². The van der Waals surface area contributed by atoms with Gasteiger partial charge in [0.1, 0.15) is 0 Å². The highest BCUT2D eigenvalue weighted by molar-refractivity contribution is 5.34. The van der Waals surface area contributed by atoms with Crippen LogP contribution in [0.25, 0.3) is 0 Å². The Morgan fingerprint density at radius 1 is 0.473 bits per heavy atom. The topological polar surface area (TPSA) is 18.5 Å². The molecule has 0 N–H and O–H groups in total. The SMILES string of the molecule is CC1CCC(CCC2CCC(c3cc(F)c(OC(F)(F)F)c(F)c3)CC2)CC1.CC1CCC(CCC2CCC(c3ccc(OC(F)(F)F)c(F)c3)CC2)CC1.[HH].[HH].[HH].[HH]. The maximum absolute atomic E-state index is 14.0. The second-order valence-electron chi connectivity index (χ2n) is 17.4. The fraction of sp³-hybridized carbons (Fsp3) is 0.727. The number of ether oxygens (including phenoxy) is 2. The van der Waals surface area contributed by atoms with Crippen LogP contribution in [0.2, 0.25) is 0 Å². The Bertz CT molecular complexity index is 1460. The van der Waals surface area contributed by atoms with E-state index in [1.807, 2.05) is 0 Å². The Kier molecular flexibility index (Phi) is 15.6. The fourth-order valence-electron chi connectivity index (χ4n) is 9.75. The third-order valence-corrected chi connectivity index (χ3v) is 13.3. The summed E-state index contributed by atoms with van der Waals surface area (Å²) in [5.74, 6) is -0.495. The third kappa shape index (κ3) is 14.1. The number of benzene rings is 2. The molecule has 4 aliphatic rings. The predicted octanol–water partition coefficient (Wildman–Crippen LogP) is 16.3. The lowest BCUT2D eigenvalue weighted by Crippen LogP contribution is -2.19. The van der Waals surface area contributed by atoms with Crippen molar-refractivity contribution in [2.24, 2.45) is 35.5 Å². The van der Waals surface area contributed by atoms with E-state index in [0.29, 0.717) is 11.5 Å². The van der Waals surface area contributed by atoms with Crippen LogP contribution in [0.1, 0.15) is 171 Å². The first kappa shape index (κ1) is 43.5. The van der Waals surface area contributed by atoms with Gasteiger partial charge in [-0.25, -0.2) is 13.2 Å². The standard InChI is InChI=1S/C22H29F5O.C22H30F4O.4H2/c1-14-2-4-15(5-3-14)6-7-16-8-10-17(11-9-16)18-12-19(23)21(20(24)13-18)28-22(25,26)27;1-15-2-4-16(5-3-15)6-7-17-8-10-18(11-9-17)19-12-13-21(20(23)14-19)27-22(24,25)26;;;;/h12-17H,2-11H2,1H3;12-18H,2-11H2,1H3;4*1H. The molecule has 4 saturated carbocycles. The van der Waals surface area contributed by atoms with E-state index in [1.165, 1.54) is 83.1 Å². The molecule has 0 aliphatic heterocycles. The molecular weight excluding hydrogens is 731 g/mol. The zero-order valence-electron chi connectivity index (χ0n) is 32.4. The molecule has 0 heterocycles. The molecule has 2 aromatic rings. The van der Waals surface area contributed by atoms with Gasteiger partial charge in [0, 0.05) is 5.71 Å². The molecule has 0 unspecified atom stereocenters. The predicted molar refractivity (Wildman–Crippen MR) is 205 cm³/mol. The second-order valence-corrected chi connectivity index (χ2v) is 17.4. The van der Waals surface area contributed by atoms with Gasteiger partial charge in [0.15, 0.2) is 23.2 Å². The van der Waals surface area contributed by atoms with Gasteiger partial charge in [-0.3, -0.25) is 0 Å². The van der Waals surface area contributed by atoms with Gasteiger partial charge in [0.05, 0.1) is 0 Å². The molecule has 2 nitrogen and oxygen atoms in total. The van der Waals surface area contributed by atoms with Crippen LogP contribution in [-0.4, -0.2) is 12.7 Å². The summed E-state index contributed by atoms with van der Waals surface area (Å²) in [5.41, 5.74) is 1.23. The van der Waals surface area contributed by atoms with E-state index in [-0.39, 0.29) is 17.5 Å². The zero-order chi connectivity index (χ0) is 39.8. The summed E-state index contributed by atoms with van der Waals surface area (Å²) in [6, 6.07) is 5.90. The van der Waals surface area contributed by atoms with Crippen molar-refractivity contribution in [1.82, 2.24) is 0 Å². The van der Waals surface area contributed by atoms with Crippen LogP contribution in [0.3, 0.4) is 0 Å². The maximum Gasteiger partial charge on any atom is 0.573 e. The Balaban J connectivity index is 0.000000553. The van der Waals surface area contributed by atoms with Crippen molar-refractivity contribution in [3.05, 3.63) is 58.9 Å². The molecule has 6 rings (SSSR count). The van der Waals surface area contributed by atoms with Crippen LogP contribution < -0.4 is 9.47 Å². The number of alkyl halides is 6. The van der Waals surface area contributed by atoms with Gasteiger partial charge in [-0.1, -0.05) is 97.0 Å². The van der Waals surface area contributed by atoms with Crippen LogP contribution in [0.15, 0.2) is 30.3 Å². The van der Waals surface area contributed by atoms with E-state index in [4.69, 9.17) is 0 Å². The highest BCUT2D eigenvalue weighted by Crippen LogP contribution is 2.43. The first-order chi connectivity index (χ1) is 26.0. The van der Waals surface area contributed by atoms with E-state index < -0.39 is 41.7 Å². The Hall–Kier alpha value is -2.59. The van der Waals surface area contributed by atoms with Gasteiger partial charge in [-0.05, 0) is 134 Å². The number of halogens is 9. The van der Waals surface area contributed by atoms with Gasteiger partial charge in [-0.15, -0.1) is 26.3 Å². The molecule has 55 heavy (non-hydrogen) atoms. The van der Waals surface area contributed by atoms with Gasteiger partial charge in [0.25, 0.3) is 0 Å². The summed E-state index contributed by atoms with van der Waals surface area (Å²) in [6.07, 6.45) is 13.9. The molecule has 4 aliphatic carbocycles. The highest BCUT2D eigenvalue weighted by Gasteiger charge is 2.35. The van der Waals surface area contributed by atoms with E-state index >= 15 is 0 Å². The lowest BCUT2D eigenvalue weighted by molar-refractivity contribution is -0.277. The molecule has 4 fully saturated rings. The number of hydrogen-bond donors (Lipinski definition) is 0. The average molecular weight is 799 g/mol. The largest absolute Gasteiger partial charge is 0.573 e. The Morgan fingerprint density at radius 3 is 1.18 bits per heavy atom. The molecule has 2 aromatic carbocycles. The fourth-order valence-corrected chi connectivity index (χ4v) is 9.75. The van der Waals surface area contributed by atoms with Gasteiger partial charge in [0.2, 0.25) is 5.75 Å². The average Bonchev–Trinajstić information content (AvgIpc) is 3.13. The van der Waals surface area contributed by atoms with E-state index in [9.17, 15) is 39.5 Å². The summed E-state index contributed by atoms with van der Waals surface area (Å²) in [7, 11) is 0. The normalized spacial score (nSPS) is 29.2. The van der Waals surface area contributed by atoms with Crippen molar-refractivity contribution in [1.29, 1.82) is 0 Å². The van der Waals surface area contributed by atoms with Crippen LogP contribution >= 0.6 is 0 Å². The van der Waals surface area contributed by atoms with Gasteiger partial charge < -0.3 is 9.47 Å². The third-order valence-electron chi connectivity index (χ3n) is 13.3. The molecule has 0 spiro atoms. The number of rotatable bonds is 10. The monoisotopic (exact) mass is 798 g/mol. The van der Waals surface area contributed by atoms with Crippen molar-refractivity contribution in [2.45, 2.75) is 167 Å². The van der Waals surface area contributed by atoms with Gasteiger partial charge >= 0.3 is 12.7 Å². The summed E-state index contributed by atoms with van der Waals surface area (Å²) in [4.78, 5) is 0. The van der Waals surface area contributed by atoms with Gasteiger partial charge in [-0.2, -0.15) is 0 Å². The molecule has 11 heteroatoms. The quantitative estimate of drug-likeness (QED) is 0.223. The van der Waals surface area contributed by atoms with Crippen LogP contribution in [0, 0.1) is 53.0 Å². The summed E-state index contributed by atoms with van der Waals surface area (Å²) in [5, 5.41) is 0. The Morgan fingerprint density at radius 2 is 0.818 bits per heavy atom. The maximum atomic E-state index is 14.0. The summed E-state index contributed by atoms with van der Waals surface area (Å²) in [6.45, 7) is 4.67. The molecule has 0 atom stereocenters. The first-order valence-corrected chi connectivity index (χ1v) is 20.8. The lowest BCUT2D eigenvalue weighted by atomic mass is 9.74. The molecule has 0 radical (unpaired) electrons. The Labute approximate surface area is 327 Å². The summed E-state index contributed by atoms with van der Waals surface area (Å²) < 4.78 is 123. The smallest absolute Gasteiger partial charge is 0.403 e. The lowest BCUT2D eigenvalue weighted by Gasteiger charge is -2.31. The molecule has 0 aromatic heterocycles. The molecular formula is C44H67F9O2. The van der Waals surface area contributed by atoms with Crippen molar-refractivity contribution < 1.29 is 54.7 Å². The second kappa shape index (κ2) is 19.7.